The highest BCUT2D eigenvalue weighted by Gasteiger charge is 2.27. The van der Waals surface area contributed by atoms with Crippen LogP contribution in [0.2, 0.25) is 0 Å². The van der Waals surface area contributed by atoms with Crippen molar-refractivity contribution in [1.29, 1.82) is 0 Å². The Bertz CT molecular complexity index is 689. The maximum Gasteiger partial charge on any atom is 0.245 e. The molecule has 0 aliphatic carbocycles. The standard InChI is InChI=1S/C19H25N3O2/c1-14-4-5-18(12-15(14)2)24-17-6-9-21(10-7-17)19(23)16(3)22-11-8-20-13-22/h4-5,8,11-13,16-17H,6-7,9-10H2,1-3H3. The van der Waals surface area contributed by atoms with E-state index in [1.165, 1.54) is 11.1 Å². The molecule has 5 heteroatoms. The topological polar surface area (TPSA) is 47.4 Å². The van der Waals surface area contributed by atoms with Crippen molar-refractivity contribution >= 4 is 5.91 Å². The summed E-state index contributed by atoms with van der Waals surface area (Å²) in [4.78, 5) is 18.5. The number of benzene rings is 1. The molecule has 2 heterocycles. The minimum Gasteiger partial charge on any atom is -0.490 e. The van der Waals surface area contributed by atoms with Crippen molar-refractivity contribution in [2.24, 2.45) is 0 Å². The molecule has 0 radical (unpaired) electrons. The predicted octanol–water partition coefficient (Wildman–Crippen LogP) is 3.13. The first-order chi connectivity index (χ1) is 11.5. The van der Waals surface area contributed by atoms with Gasteiger partial charge in [0.2, 0.25) is 5.91 Å². The Balaban J connectivity index is 1.53. The van der Waals surface area contributed by atoms with E-state index in [0.717, 1.165) is 31.7 Å². The number of aryl methyl sites for hydroxylation is 2. The number of hydrogen-bond donors (Lipinski definition) is 0. The number of nitrogens with zero attached hydrogens (tertiary/aromatic N) is 3. The Morgan fingerprint density at radius 1 is 1.25 bits per heavy atom. The van der Waals surface area contributed by atoms with Crippen molar-refractivity contribution < 1.29 is 9.53 Å². The quantitative estimate of drug-likeness (QED) is 0.867. The summed E-state index contributed by atoms with van der Waals surface area (Å²) >= 11 is 0. The normalized spacial score (nSPS) is 16.9. The Morgan fingerprint density at radius 3 is 2.62 bits per heavy atom. The molecule has 1 aliphatic rings. The molecule has 128 valence electrons. The number of imidazole rings is 1. The first-order valence-electron chi connectivity index (χ1n) is 8.54. The molecular formula is C19H25N3O2. The molecule has 0 saturated carbocycles. The molecule has 2 aromatic rings. The molecule has 1 fully saturated rings. The summed E-state index contributed by atoms with van der Waals surface area (Å²) in [5.74, 6) is 1.08. The van der Waals surface area contributed by atoms with E-state index in [0.29, 0.717) is 0 Å². The number of hydrogen-bond acceptors (Lipinski definition) is 3. The molecule has 24 heavy (non-hydrogen) atoms. The van der Waals surface area contributed by atoms with Crippen LogP contribution in [0, 0.1) is 13.8 Å². The van der Waals surface area contributed by atoms with E-state index in [1.807, 2.05) is 28.7 Å². The third-order valence-corrected chi connectivity index (χ3v) is 4.86. The molecule has 3 rings (SSSR count). The average molecular weight is 327 g/mol. The number of carbonyl (C=O) groups is 1. The van der Waals surface area contributed by atoms with Gasteiger partial charge in [-0.3, -0.25) is 4.79 Å². The van der Waals surface area contributed by atoms with Crippen LogP contribution in [0.25, 0.3) is 0 Å². The third kappa shape index (κ3) is 3.61. The molecule has 0 N–H and O–H groups in total. The minimum absolute atomic E-state index is 0.151. The smallest absolute Gasteiger partial charge is 0.245 e. The zero-order chi connectivity index (χ0) is 17.1. The molecule has 1 amide bonds. The highest BCUT2D eigenvalue weighted by Crippen LogP contribution is 2.23. The van der Waals surface area contributed by atoms with E-state index in [4.69, 9.17) is 4.74 Å². The van der Waals surface area contributed by atoms with Crippen LogP contribution in [-0.2, 0) is 4.79 Å². The van der Waals surface area contributed by atoms with Gasteiger partial charge in [-0.2, -0.15) is 0 Å². The Kier molecular flexibility index (Phi) is 4.88. The van der Waals surface area contributed by atoms with Gasteiger partial charge in [0.05, 0.1) is 6.33 Å². The highest BCUT2D eigenvalue weighted by atomic mass is 16.5. The van der Waals surface area contributed by atoms with E-state index in [-0.39, 0.29) is 18.1 Å². The van der Waals surface area contributed by atoms with Gasteiger partial charge in [-0.15, -0.1) is 0 Å². The van der Waals surface area contributed by atoms with Gasteiger partial charge in [0.1, 0.15) is 17.9 Å². The number of ether oxygens (including phenoxy) is 1. The molecule has 1 atom stereocenters. The zero-order valence-electron chi connectivity index (χ0n) is 14.6. The van der Waals surface area contributed by atoms with Crippen molar-refractivity contribution in [2.75, 3.05) is 13.1 Å². The SMILES string of the molecule is Cc1ccc(OC2CCN(C(=O)C(C)n3ccnc3)CC2)cc1C. The van der Waals surface area contributed by atoms with Crippen LogP contribution < -0.4 is 4.74 Å². The zero-order valence-corrected chi connectivity index (χ0v) is 14.6. The Hall–Kier alpha value is -2.30. The lowest BCUT2D eigenvalue weighted by Crippen LogP contribution is -2.44. The first-order valence-corrected chi connectivity index (χ1v) is 8.54. The van der Waals surface area contributed by atoms with Crippen LogP contribution in [-0.4, -0.2) is 39.6 Å². The Labute approximate surface area is 143 Å². The second kappa shape index (κ2) is 7.07. The molecule has 1 aromatic heterocycles. The lowest BCUT2D eigenvalue weighted by atomic mass is 10.1. The summed E-state index contributed by atoms with van der Waals surface area (Å²) < 4.78 is 7.95. The third-order valence-electron chi connectivity index (χ3n) is 4.86. The van der Waals surface area contributed by atoms with Crippen molar-refractivity contribution in [3.63, 3.8) is 0 Å². The van der Waals surface area contributed by atoms with Crippen LogP contribution in [0.5, 0.6) is 5.75 Å². The van der Waals surface area contributed by atoms with E-state index < -0.39 is 0 Å². The van der Waals surface area contributed by atoms with Crippen LogP contribution in [0.1, 0.15) is 36.9 Å². The summed E-state index contributed by atoms with van der Waals surface area (Å²) in [7, 11) is 0. The molecular weight excluding hydrogens is 302 g/mol. The maximum absolute atomic E-state index is 12.6. The fourth-order valence-electron chi connectivity index (χ4n) is 3.06. The molecule has 1 aliphatic heterocycles. The van der Waals surface area contributed by atoms with Crippen molar-refractivity contribution in [2.45, 2.75) is 45.8 Å². The number of aromatic nitrogens is 2. The molecule has 0 spiro atoms. The van der Waals surface area contributed by atoms with E-state index in [9.17, 15) is 4.79 Å². The predicted molar refractivity (Wildman–Crippen MR) is 93.1 cm³/mol. The number of rotatable bonds is 4. The fourth-order valence-corrected chi connectivity index (χ4v) is 3.06. The van der Waals surface area contributed by atoms with Crippen molar-refractivity contribution in [1.82, 2.24) is 14.5 Å². The van der Waals surface area contributed by atoms with E-state index in [2.05, 4.69) is 31.0 Å². The summed E-state index contributed by atoms with van der Waals surface area (Å²) in [5, 5.41) is 0. The molecule has 1 aromatic carbocycles. The van der Waals surface area contributed by atoms with Crippen LogP contribution in [0.4, 0.5) is 0 Å². The van der Waals surface area contributed by atoms with Crippen molar-refractivity contribution in [3.8, 4) is 5.75 Å². The van der Waals surface area contributed by atoms with Gasteiger partial charge in [-0.1, -0.05) is 6.07 Å². The summed E-state index contributed by atoms with van der Waals surface area (Å²) in [6, 6.07) is 6.01. The van der Waals surface area contributed by atoms with E-state index in [1.54, 1.807) is 12.5 Å². The maximum atomic E-state index is 12.6. The van der Waals surface area contributed by atoms with Gasteiger partial charge < -0.3 is 14.2 Å². The second-order valence-corrected chi connectivity index (χ2v) is 6.57. The largest absolute Gasteiger partial charge is 0.490 e. The van der Waals surface area contributed by atoms with Gasteiger partial charge in [-0.05, 0) is 44.0 Å². The number of carbonyl (C=O) groups excluding carboxylic acids is 1. The summed E-state index contributed by atoms with van der Waals surface area (Å²) in [5.41, 5.74) is 2.52. The number of likely N-dealkylation sites (tertiary alicyclic amines) is 1. The molecule has 1 unspecified atom stereocenters. The highest BCUT2D eigenvalue weighted by molar-refractivity contribution is 5.80. The lowest BCUT2D eigenvalue weighted by Gasteiger charge is -2.34. The average Bonchev–Trinajstić information content (AvgIpc) is 3.12. The molecule has 0 bridgehead atoms. The lowest BCUT2D eigenvalue weighted by molar-refractivity contribution is -0.136. The van der Waals surface area contributed by atoms with Gasteiger partial charge in [0, 0.05) is 38.3 Å². The number of piperidine rings is 1. The monoisotopic (exact) mass is 327 g/mol. The minimum atomic E-state index is -0.204. The van der Waals surface area contributed by atoms with Gasteiger partial charge >= 0.3 is 0 Å². The van der Waals surface area contributed by atoms with Gasteiger partial charge in [0.25, 0.3) is 0 Å². The molecule has 1 saturated heterocycles. The summed E-state index contributed by atoms with van der Waals surface area (Å²) in [6.45, 7) is 7.61. The first kappa shape index (κ1) is 16.6. The van der Waals surface area contributed by atoms with Crippen molar-refractivity contribution in [3.05, 3.63) is 48.0 Å². The number of amides is 1. The fraction of sp³-hybridized carbons (Fsp3) is 0.474. The van der Waals surface area contributed by atoms with Gasteiger partial charge in [0.15, 0.2) is 0 Å². The second-order valence-electron chi connectivity index (χ2n) is 6.57. The summed E-state index contributed by atoms with van der Waals surface area (Å²) in [6.07, 6.45) is 7.15. The van der Waals surface area contributed by atoms with Crippen LogP contribution in [0.3, 0.4) is 0 Å². The van der Waals surface area contributed by atoms with Crippen LogP contribution >= 0.6 is 0 Å². The van der Waals surface area contributed by atoms with E-state index >= 15 is 0 Å². The Morgan fingerprint density at radius 2 is 2.00 bits per heavy atom. The van der Waals surface area contributed by atoms with Crippen LogP contribution in [0.15, 0.2) is 36.9 Å². The molecule has 5 nitrogen and oxygen atoms in total. The van der Waals surface area contributed by atoms with Gasteiger partial charge in [-0.25, -0.2) is 4.98 Å².